The molecule has 0 spiro atoms. The minimum atomic E-state index is -3.80. The van der Waals surface area contributed by atoms with Gasteiger partial charge in [0, 0.05) is 5.56 Å². The highest BCUT2D eigenvalue weighted by molar-refractivity contribution is 7.92. The molecule has 0 aromatic heterocycles. The van der Waals surface area contributed by atoms with Gasteiger partial charge in [0.2, 0.25) is 10.0 Å². The van der Waals surface area contributed by atoms with Crippen molar-refractivity contribution >= 4 is 27.5 Å². The molecule has 2 rings (SSSR count). The first kappa shape index (κ1) is 20.6. The molecule has 2 aromatic carbocycles. The van der Waals surface area contributed by atoms with Gasteiger partial charge in [-0.2, -0.15) is 0 Å². The van der Waals surface area contributed by atoms with E-state index in [1.807, 2.05) is 26.0 Å². The summed E-state index contributed by atoms with van der Waals surface area (Å²) in [5.41, 5.74) is 1.68. The van der Waals surface area contributed by atoms with Gasteiger partial charge >= 0.3 is 5.97 Å². The maximum absolute atomic E-state index is 12.7. The largest absolute Gasteiger partial charge is 0.465 e. The van der Waals surface area contributed by atoms with Crippen LogP contribution in [0.5, 0.6) is 0 Å². The van der Waals surface area contributed by atoms with E-state index in [2.05, 4.69) is 0 Å². The van der Waals surface area contributed by atoms with Crippen molar-refractivity contribution in [3.05, 3.63) is 65.2 Å². The van der Waals surface area contributed by atoms with Gasteiger partial charge in [-0.05, 0) is 23.6 Å². The maximum atomic E-state index is 12.7. The topological polar surface area (TPSA) is 80.8 Å². The fraction of sp³-hybridized carbons (Fsp3) is 0.300. The summed E-state index contributed by atoms with van der Waals surface area (Å²) in [6.45, 7) is 3.69. The molecular weight excluding hydrogens is 366 g/mol. The van der Waals surface area contributed by atoms with Crippen LogP contribution < -0.4 is 4.31 Å². The summed E-state index contributed by atoms with van der Waals surface area (Å²) in [6, 6.07) is 13.2. The van der Waals surface area contributed by atoms with Crippen molar-refractivity contribution in [2.45, 2.75) is 19.8 Å². The van der Waals surface area contributed by atoms with Crippen LogP contribution in [0.2, 0.25) is 0 Å². The SMILES string of the molecule is COC(=O)c1ccccc1N(CC(=O)c1ccc(C(C)C)cc1)S(C)(=O)=O. The minimum Gasteiger partial charge on any atom is -0.465 e. The van der Waals surface area contributed by atoms with Gasteiger partial charge in [0.25, 0.3) is 0 Å². The molecule has 0 N–H and O–H groups in total. The molecule has 0 unspecified atom stereocenters. The summed E-state index contributed by atoms with van der Waals surface area (Å²) in [6.07, 6.45) is 0.996. The Morgan fingerprint density at radius 2 is 1.63 bits per heavy atom. The third-order valence-electron chi connectivity index (χ3n) is 4.16. The van der Waals surface area contributed by atoms with Crippen LogP contribution in [0.3, 0.4) is 0 Å². The number of hydrogen-bond donors (Lipinski definition) is 0. The molecule has 0 aliphatic carbocycles. The molecule has 0 atom stereocenters. The highest BCUT2D eigenvalue weighted by Gasteiger charge is 2.26. The molecule has 0 aliphatic heterocycles. The average Bonchev–Trinajstić information content (AvgIpc) is 2.64. The normalized spacial score (nSPS) is 11.3. The molecule has 0 saturated carbocycles. The second-order valence-corrected chi connectivity index (χ2v) is 8.39. The third-order valence-corrected chi connectivity index (χ3v) is 5.29. The highest BCUT2D eigenvalue weighted by Crippen LogP contribution is 2.24. The van der Waals surface area contributed by atoms with E-state index < -0.39 is 22.5 Å². The Morgan fingerprint density at radius 3 is 2.15 bits per heavy atom. The Bertz CT molecular complexity index is 933. The average molecular weight is 389 g/mol. The van der Waals surface area contributed by atoms with Gasteiger partial charge in [0.15, 0.2) is 5.78 Å². The van der Waals surface area contributed by atoms with Gasteiger partial charge in [0.1, 0.15) is 0 Å². The van der Waals surface area contributed by atoms with Crippen LogP contribution >= 0.6 is 0 Å². The number of ether oxygens (including phenoxy) is 1. The first-order valence-corrected chi connectivity index (χ1v) is 10.3. The summed E-state index contributed by atoms with van der Waals surface area (Å²) in [7, 11) is -2.59. The molecule has 0 aliphatic rings. The molecule has 6 nitrogen and oxygen atoms in total. The smallest absolute Gasteiger partial charge is 0.340 e. The van der Waals surface area contributed by atoms with Gasteiger partial charge in [0.05, 0.1) is 31.2 Å². The Labute approximate surface area is 159 Å². The number of Topliss-reactive ketones (excluding diaryl/α,β-unsaturated/α-hetero) is 1. The molecule has 2 aromatic rings. The van der Waals surface area contributed by atoms with E-state index in [-0.39, 0.29) is 17.0 Å². The van der Waals surface area contributed by atoms with E-state index >= 15 is 0 Å². The summed E-state index contributed by atoms with van der Waals surface area (Å²) < 4.78 is 30.3. The van der Waals surface area contributed by atoms with E-state index in [1.165, 1.54) is 19.2 Å². The standard InChI is InChI=1S/C20H23NO5S/c1-14(2)15-9-11-16(12-10-15)19(22)13-21(27(4,24)25)18-8-6-5-7-17(18)20(23)26-3/h5-12,14H,13H2,1-4H3. The van der Waals surface area contributed by atoms with Crippen molar-refractivity contribution in [3.8, 4) is 0 Å². The summed E-state index contributed by atoms with van der Waals surface area (Å²) in [5.74, 6) is -0.711. The quantitative estimate of drug-likeness (QED) is 0.536. The van der Waals surface area contributed by atoms with E-state index in [4.69, 9.17) is 4.74 Å². The monoisotopic (exact) mass is 389 g/mol. The van der Waals surface area contributed by atoms with Crippen LogP contribution in [-0.4, -0.2) is 40.1 Å². The lowest BCUT2D eigenvalue weighted by atomic mass is 10.0. The number of hydrogen-bond acceptors (Lipinski definition) is 5. The number of carbonyl (C=O) groups is 2. The highest BCUT2D eigenvalue weighted by atomic mass is 32.2. The van der Waals surface area contributed by atoms with E-state index in [0.717, 1.165) is 16.1 Å². The first-order valence-electron chi connectivity index (χ1n) is 8.43. The zero-order chi connectivity index (χ0) is 20.2. The number of rotatable bonds is 7. The lowest BCUT2D eigenvalue weighted by Crippen LogP contribution is -2.36. The Balaban J connectivity index is 2.39. The molecule has 0 radical (unpaired) electrons. The second kappa shape index (κ2) is 8.35. The number of carbonyl (C=O) groups excluding carboxylic acids is 2. The summed E-state index contributed by atoms with van der Waals surface area (Å²) >= 11 is 0. The Hall–Kier alpha value is -2.67. The number of esters is 1. The lowest BCUT2D eigenvalue weighted by Gasteiger charge is -2.23. The van der Waals surface area contributed by atoms with Gasteiger partial charge in [-0.25, -0.2) is 13.2 Å². The third kappa shape index (κ3) is 4.95. The maximum Gasteiger partial charge on any atom is 0.340 e. The number of nitrogens with zero attached hydrogens (tertiary/aromatic N) is 1. The number of methoxy groups -OCH3 is 1. The van der Waals surface area contributed by atoms with Gasteiger partial charge in [-0.3, -0.25) is 9.10 Å². The summed E-state index contributed by atoms with van der Waals surface area (Å²) in [5, 5.41) is 0. The molecule has 144 valence electrons. The van der Waals surface area contributed by atoms with E-state index in [0.29, 0.717) is 11.5 Å². The van der Waals surface area contributed by atoms with Gasteiger partial charge in [-0.1, -0.05) is 50.2 Å². The van der Waals surface area contributed by atoms with E-state index in [9.17, 15) is 18.0 Å². The fourth-order valence-electron chi connectivity index (χ4n) is 2.63. The molecule has 0 bridgehead atoms. The molecule has 0 amide bonds. The molecular formula is C20H23NO5S. The molecule has 27 heavy (non-hydrogen) atoms. The zero-order valence-corrected chi connectivity index (χ0v) is 16.6. The minimum absolute atomic E-state index is 0.0772. The molecule has 0 fully saturated rings. The van der Waals surface area contributed by atoms with Crippen molar-refractivity contribution in [1.82, 2.24) is 0 Å². The number of anilines is 1. The molecule has 0 heterocycles. The summed E-state index contributed by atoms with van der Waals surface area (Å²) in [4.78, 5) is 24.7. The van der Waals surface area contributed by atoms with E-state index in [1.54, 1.807) is 24.3 Å². The van der Waals surface area contributed by atoms with Gasteiger partial charge < -0.3 is 4.74 Å². The number of benzene rings is 2. The Morgan fingerprint density at radius 1 is 1.04 bits per heavy atom. The number of sulfonamides is 1. The molecule has 7 heteroatoms. The Kier molecular flexibility index (Phi) is 6.38. The van der Waals surface area contributed by atoms with Crippen molar-refractivity contribution in [2.24, 2.45) is 0 Å². The predicted molar refractivity (Wildman–Crippen MR) is 105 cm³/mol. The zero-order valence-electron chi connectivity index (χ0n) is 15.8. The predicted octanol–water partition coefficient (Wildman–Crippen LogP) is 3.25. The van der Waals surface area contributed by atoms with Crippen LogP contribution in [0.25, 0.3) is 0 Å². The van der Waals surface area contributed by atoms with Crippen molar-refractivity contribution in [1.29, 1.82) is 0 Å². The van der Waals surface area contributed by atoms with Crippen molar-refractivity contribution < 1.29 is 22.7 Å². The second-order valence-electron chi connectivity index (χ2n) is 6.48. The van der Waals surface area contributed by atoms with Crippen LogP contribution in [-0.2, 0) is 14.8 Å². The van der Waals surface area contributed by atoms with Crippen LogP contribution in [0.15, 0.2) is 48.5 Å². The number of ketones is 1. The fourth-order valence-corrected chi connectivity index (χ4v) is 3.50. The van der Waals surface area contributed by atoms with Crippen molar-refractivity contribution in [2.75, 3.05) is 24.2 Å². The lowest BCUT2D eigenvalue weighted by molar-refractivity contribution is 0.0601. The van der Waals surface area contributed by atoms with Crippen molar-refractivity contribution in [3.63, 3.8) is 0 Å². The van der Waals surface area contributed by atoms with Crippen LogP contribution in [0, 0.1) is 0 Å². The number of para-hydroxylation sites is 1. The van der Waals surface area contributed by atoms with Crippen LogP contribution in [0.4, 0.5) is 5.69 Å². The van der Waals surface area contributed by atoms with Gasteiger partial charge in [-0.15, -0.1) is 0 Å². The first-order chi connectivity index (χ1) is 12.6. The molecule has 0 saturated heterocycles. The van der Waals surface area contributed by atoms with Crippen LogP contribution in [0.1, 0.15) is 46.0 Å².